The van der Waals surface area contributed by atoms with Gasteiger partial charge >= 0.3 is 0 Å². The van der Waals surface area contributed by atoms with Gasteiger partial charge in [0.15, 0.2) is 5.96 Å². The molecule has 4 amide bonds. The Morgan fingerprint density at radius 1 is 0.952 bits per heavy atom. The highest BCUT2D eigenvalue weighted by molar-refractivity contribution is 5.99. The van der Waals surface area contributed by atoms with Crippen LogP contribution in [0.1, 0.15) is 40.0 Å². The standard InChI is InChI=1S/C25H41N9O8/c1-13(2)11-17(26)21(37)32-19(12-35)23(39)33-20(14(3)36)24(40)31-18(5-4-10-29-25(27)28)22(38)30-15-6-8-16(9-7-15)34(41)42/h6-9,13-14,17-20,35-36H,4-5,10-12,26H2,1-3H3,(H,30,38)(H,31,40)(H,32,37)(H,33,39)(H4,27,28,29)/t14-,17+,18+,19-,20+/m1/s1. The van der Waals surface area contributed by atoms with E-state index in [1.165, 1.54) is 31.2 Å². The van der Waals surface area contributed by atoms with Gasteiger partial charge < -0.3 is 48.7 Å². The van der Waals surface area contributed by atoms with Crippen molar-refractivity contribution in [1.29, 1.82) is 0 Å². The van der Waals surface area contributed by atoms with E-state index in [0.29, 0.717) is 6.42 Å². The first-order chi connectivity index (χ1) is 19.7. The van der Waals surface area contributed by atoms with Gasteiger partial charge in [-0.3, -0.25) is 34.3 Å². The van der Waals surface area contributed by atoms with E-state index in [0.717, 1.165) is 0 Å². The molecule has 0 bridgehead atoms. The van der Waals surface area contributed by atoms with E-state index in [1.807, 2.05) is 13.8 Å². The summed E-state index contributed by atoms with van der Waals surface area (Å²) in [6, 6.07) is -0.197. The average Bonchev–Trinajstić information content (AvgIpc) is 2.90. The number of aliphatic hydroxyl groups is 2. The number of aliphatic imine (C=N–C) groups is 1. The molecule has 17 heteroatoms. The molecule has 0 saturated carbocycles. The van der Waals surface area contributed by atoms with Crippen molar-refractivity contribution in [3.05, 3.63) is 34.4 Å². The van der Waals surface area contributed by atoms with Crippen molar-refractivity contribution in [2.75, 3.05) is 18.5 Å². The Balaban J connectivity index is 3.03. The van der Waals surface area contributed by atoms with Crippen LogP contribution in [0, 0.1) is 16.0 Å². The van der Waals surface area contributed by atoms with Crippen molar-refractivity contribution in [3.8, 4) is 0 Å². The number of nitrogens with zero attached hydrogens (tertiary/aromatic N) is 2. The molecule has 1 aromatic rings. The molecule has 1 rings (SSSR count). The number of amides is 4. The summed E-state index contributed by atoms with van der Waals surface area (Å²) in [7, 11) is 0. The molecule has 1 aromatic carbocycles. The number of nitrogens with two attached hydrogens (primary N) is 3. The molecule has 0 fully saturated rings. The van der Waals surface area contributed by atoms with Crippen molar-refractivity contribution in [2.24, 2.45) is 28.1 Å². The second-order valence-corrected chi connectivity index (χ2v) is 10.0. The van der Waals surface area contributed by atoms with Gasteiger partial charge in [-0.15, -0.1) is 0 Å². The van der Waals surface area contributed by atoms with Crippen LogP contribution in [0.5, 0.6) is 0 Å². The number of nitro groups is 1. The highest BCUT2D eigenvalue weighted by Gasteiger charge is 2.32. The van der Waals surface area contributed by atoms with E-state index < -0.39 is 65.4 Å². The van der Waals surface area contributed by atoms with Gasteiger partial charge in [0.25, 0.3) is 5.69 Å². The number of hydrogen-bond acceptors (Lipinski definition) is 10. The number of nitro benzene ring substituents is 1. The number of nitrogens with one attached hydrogen (secondary N) is 4. The molecule has 234 valence electrons. The van der Waals surface area contributed by atoms with Crippen LogP contribution in [0.25, 0.3) is 0 Å². The van der Waals surface area contributed by atoms with Gasteiger partial charge in [0.1, 0.15) is 18.1 Å². The lowest BCUT2D eigenvalue weighted by Crippen LogP contribution is -2.60. The number of anilines is 1. The first-order valence-corrected chi connectivity index (χ1v) is 13.2. The summed E-state index contributed by atoms with van der Waals surface area (Å²) in [5.41, 5.74) is 16.5. The van der Waals surface area contributed by atoms with E-state index in [-0.39, 0.29) is 42.6 Å². The maximum Gasteiger partial charge on any atom is 0.269 e. The molecule has 17 nitrogen and oxygen atoms in total. The number of carbonyl (C=O) groups excluding carboxylic acids is 4. The summed E-state index contributed by atoms with van der Waals surface area (Å²) in [5.74, 6) is -3.36. The Kier molecular flexibility index (Phi) is 14.8. The van der Waals surface area contributed by atoms with E-state index >= 15 is 0 Å². The number of guanidine groups is 1. The summed E-state index contributed by atoms with van der Waals surface area (Å²) >= 11 is 0. The maximum absolute atomic E-state index is 13.1. The zero-order valence-corrected chi connectivity index (χ0v) is 23.8. The van der Waals surface area contributed by atoms with E-state index in [4.69, 9.17) is 17.2 Å². The van der Waals surface area contributed by atoms with Gasteiger partial charge in [0.05, 0.1) is 23.7 Å². The van der Waals surface area contributed by atoms with Crippen LogP contribution >= 0.6 is 0 Å². The number of rotatable bonds is 17. The third kappa shape index (κ3) is 12.4. The van der Waals surface area contributed by atoms with E-state index in [2.05, 4.69) is 26.3 Å². The number of benzene rings is 1. The Hall–Kier alpha value is -4.35. The normalized spacial score (nSPS) is 14.5. The number of non-ortho nitro benzene ring substituents is 1. The smallest absolute Gasteiger partial charge is 0.269 e. The minimum atomic E-state index is -1.58. The van der Waals surface area contributed by atoms with Crippen LogP contribution < -0.4 is 38.5 Å². The topological polar surface area (TPSA) is 290 Å². The lowest BCUT2D eigenvalue weighted by atomic mass is 10.0. The molecular formula is C25H41N9O8. The van der Waals surface area contributed by atoms with Gasteiger partial charge in [-0.05, 0) is 44.2 Å². The number of carbonyl (C=O) groups is 4. The molecule has 0 unspecified atom stereocenters. The van der Waals surface area contributed by atoms with Crippen LogP contribution in [0.3, 0.4) is 0 Å². The second kappa shape index (κ2) is 17.5. The van der Waals surface area contributed by atoms with Gasteiger partial charge in [-0.2, -0.15) is 0 Å². The van der Waals surface area contributed by atoms with Crippen LogP contribution in [0.2, 0.25) is 0 Å². The van der Waals surface area contributed by atoms with Crippen molar-refractivity contribution in [3.63, 3.8) is 0 Å². The molecule has 12 N–H and O–H groups in total. The molecule has 0 aliphatic rings. The van der Waals surface area contributed by atoms with Crippen molar-refractivity contribution >= 4 is 41.0 Å². The minimum absolute atomic E-state index is 0.0326. The molecule has 5 atom stereocenters. The van der Waals surface area contributed by atoms with Crippen LogP contribution in [0.15, 0.2) is 29.3 Å². The average molecular weight is 596 g/mol. The molecule has 42 heavy (non-hydrogen) atoms. The highest BCUT2D eigenvalue weighted by atomic mass is 16.6. The largest absolute Gasteiger partial charge is 0.394 e. The molecule has 0 heterocycles. The predicted molar refractivity (Wildman–Crippen MR) is 154 cm³/mol. The molecule has 0 saturated heterocycles. The highest BCUT2D eigenvalue weighted by Crippen LogP contribution is 2.16. The summed E-state index contributed by atoms with van der Waals surface area (Å²) in [6.45, 7) is 4.25. The first-order valence-electron chi connectivity index (χ1n) is 13.2. The van der Waals surface area contributed by atoms with Crippen LogP contribution in [0.4, 0.5) is 11.4 Å². The van der Waals surface area contributed by atoms with Gasteiger partial charge in [-0.1, -0.05) is 13.8 Å². The third-order valence-corrected chi connectivity index (χ3v) is 5.86. The summed E-state index contributed by atoms with van der Waals surface area (Å²) in [6.07, 6.45) is -0.841. The molecule has 0 aromatic heterocycles. The Labute approximate surface area is 242 Å². The molecular weight excluding hydrogens is 554 g/mol. The van der Waals surface area contributed by atoms with Crippen LogP contribution in [-0.4, -0.2) is 88.1 Å². The quantitative estimate of drug-likeness (QED) is 0.0306. The molecule has 0 aliphatic heterocycles. The minimum Gasteiger partial charge on any atom is -0.394 e. The fraction of sp³-hybridized carbons (Fsp3) is 0.560. The van der Waals surface area contributed by atoms with E-state index in [1.54, 1.807) is 0 Å². The van der Waals surface area contributed by atoms with Gasteiger partial charge in [0.2, 0.25) is 23.6 Å². The van der Waals surface area contributed by atoms with Crippen molar-refractivity contribution in [2.45, 2.75) is 70.3 Å². The Bertz CT molecular complexity index is 1110. The van der Waals surface area contributed by atoms with Crippen molar-refractivity contribution < 1.29 is 34.3 Å². The fourth-order valence-electron chi connectivity index (χ4n) is 3.68. The predicted octanol–water partition coefficient (Wildman–Crippen LogP) is -2.21. The second-order valence-electron chi connectivity index (χ2n) is 10.0. The fourth-order valence-corrected chi connectivity index (χ4v) is 3.68. The molecule has 0 aliphatic carbocycles. The molecule has 0 radical (unpaired) electrons. The van der Waals surface area contributed by atoms with Crippen molar-refractivity contribution in [1.82, 2.24) is 16.0 Å². The zero-order chi connectivity index (χ0) is 32.0. The van der Waals surface area contributed by atoms with Crippen LogP contribution in [-0.2, 0) is 19.2 Å². The lowest BCUT2D eigenvalue weighted by Gasteiger charge is -2.26. The summed E-state index contributed by atoms with van der Waals surface area (Å²) in [4.78, 5) is 65.4. The van der Waals surface area contributed by atoms with E-state index in [9.17, 15) is 39.5 Å². The maximum atomic E-state index is 13.1. The Morgan fingerprint density at radius 2 is 1.55 bits per heavy atom. The number of hydrogen-bond donors (Lipinski definition) is 9. The van der Waals surface area contributed by atoms with Gasteiger partial charge in [0, 0.05) is 24.4 Å². The first kappa shape index (κ1) is 35.7. The van der Waals surface area contributed by atoms with Gasteiger partial charge in [-0.25, -0.2) is 0 Å². The third-order valence-electron chi connectivity index (χ3n) is 5.86. The summed E-state index contributed by atoms with van der Waals surface area (Å²) < 4.78 is 0. The zero-order valence-electron chi connectivity index (χ0n) is 23.8. The summed E-state index contributed by atoms with van der Waals surface area (Å²) in [5, 5.41) is 40.4. The number of aliphatic hydroxyl groups excluding tert-OH is 2. The Morgan fingerprint density at radius 3 is 2.05 bits per heavy atom. The monoisotopic (exact) mass is 595 g/mol. The SMILES string of the molecule is CC(C)C[C@H](N)C(=O)N[C@H](CO)C(=O)N[C@H](C(=O)N[C@@H](CCCN=C(N)N)C(=O)Nc1ccc([N+](=O)[O-])cc1)[C@@H](C)O. The molecule has 0 spiro atoms. The lowest BCUT2D eigenvalue weighted by molar-refractivity contribution is -0.384.